The summed E-state index contributed by atoms with van der Waals surface area (Å²) in [6, 6.07) is 16.5. The Morgan fingerprint density at radius 2 is 1.78 bits per heavy atom. The smallest absolute Gasteiger partial charge is 0.255 e. The molecule has 0 aliphatic carbocycles. The minimum Gasteiger partial charge on any atom is -0.317 e. The molecule has 0 saturated carbocycles. The Morgan fingerprint density at radius 1 is 1.04 bits per heavy atom. The highest BCUT2D eigenvalue weighted by Gasteiger charge is 2.44. The summed E-state index contributed by atoms with van der Waals surface area (Å²) in [6.07, 6.45) is 2.31. The topological polar surface area (TPSA) is 23.6 Å². The van der Waals surface area contributed by atoms with Crippen molar-refractivity contribution >= 4 is 5.91 Å². The molecule has 0 bridgehead atoms. The zero-order valence-electron chi connectivity index (χ0n) is 12.9. The van der Waals surface area contributed by atoms with E-state index >= 15 is 0 Å². The molecule has 1 amide bonds. The van der Waals surface area contributed by atoms with Gasteiger partial charge in [0, 0.05) is 24.7 Å². The van der Waals surface area contributed by atoms with E-state index in [2.05, 4.69) is 17.0 Å². The van der Waals surface area contributed by atoms with Crippen molar-refractivity contribution in [3.63, 3.8) is 0 Å². The average molecular weight is 310 g/mol. The van der Waals surface area contributed by atoms with E-state index in [-0.39, 0.29) is 17.9 Å². The van der Waals surface area contributed by atoms with Gasteiger partial charge in [-0.05, 0) is 42.7 Å². The predicted octanol–water partition coefficient (Wildman–Crippen LogP) is 3.44. The fraction of sp³-hybridized carbons (Fsp3) is 0.316. The maximum absolute atomic E-state index is 13.1. The lowest BCUT2D eigenvalue weighted by Gasteiger charge is -2.30. The summed E-state index contributed by atoms with van der Waals surface area (Å²) in [4.78, 5) is 17.3. The lowest BCUT2D eigenvalue weighted by molar-refractivity contribution is 0.0639. The number of benzene rings is 2. The second-order valence-electron chi connectivity index (χ2n) is 6.28. The fourth-order valence-electron chi connectivity index (χ4n) is 3.83. The molecule has 4 heteroatoms. The van der Waals surface area contributed by atoms with E-state index in [9.17, 15) is 9.18 Å². The van der Waals surface area contributed by atoms with Crippen LogP contribution in [0.4, 0.5) is 4.39 Å². The Bertz CT molecular complexity index is 701. The molecule has 2 unspecified atom stereocenters. The Morgan fingerprint density at radius 3 is 2.52 bits per heavy atom. The molecular formula is C19H19FN2O. The van der Waals surface area contributed by atoms with Gasteiger partial charge in [0.25, 0.3) is 5.91 Å². The summed E-state index contributed by atoms with van der Waals surface area (Å²) in [5.41, 5.74) is 1.70. The molecule has 2 aliphatic heterocycles. The first-order valence-electron chi connectivity index (χ1n) is 8.11. The standard InChI is InChI=1S/C19H19FN2O/c20-16-10-8-15(9-11-16)19(23)22-13-17-7-4-12-21(17)18(22)14-5-2-1-3-6-14/h1-3,5-6,8-11,17-18H,4,7,12-13H2. The van der Waals surface area contributed by atoms with Crippen molar-refractivity contribution < 1.29 is 9.18 Å². The van der Waals surface area contributed by atoms with Crippen LogP contribution in [0.15, 0.2) is 54.6 Å². The highest BCUT2D eigenvalue weighted by Crippen LogP contribution is 2.39. The molecule has 23 heavy (non-hydrogen) atoms. The zero-order valence-corrected chi connectivity index (χ0v) is 12.9. The van der Waals surface area contributed by atoms with E-state index < -0.39 is 0 Å². The Hall–Kier alpha value is -2.20. The summed E-state index contributed by atoms with van der Waals surface area (Å²) in [6.45, 7) is 1.77. The number of fused-ring (bicyclic) bond motifs is 1. The van der Waals surface area contributed by atoms with Gasteiger partial charge in [0.15, 0.2) is 0 Å². The maximum atomic E-state index is 13.1. The van der Waals surface area contributed by atoms with Gasteiger partial charge in [0.05, 0.1) is 0 Å². The molecule has 2 aliphatic rings. The van der Waals surface area contributed by atoms with Crippen LogP contribution in [-0.2, 0) is 0 Å². The van der Waals surface area contributed by atoms with Crippen LogP contribution in [0.1, 0.15) is 34.9 Å². The van der Waals surface area contributed by atoms with E-state index in [4.69, 9.17) is 0 Å². The van der Waals surface area contributed by atoms with Crippen molar-refractivity contribution in [1.82, 2.24) is 9.80 Å². The lowest BCUT2D eigenvalue weighted by Crippen LogP contribution is -2.35. The van der Waals surface area contributed by atoms with Crippen molar-refractivity contribution in [2.24, 2.45) is 0 Å². The Balaban J connectivity index is 1.68. The Kier molecular flexibility index (Phi) is 3.62. The molecule has 0 spiro atoms. The van der Waals surface area contributed by atoms with Gasteiger partial charge in [-0.2, -0.15) is 0 Å². The number of rotatable bonds is 2. The Labute approximate surface area is 135 Å². The van der Waals surface area contributed by atoms with Gasteiger partial charge in [0.2, 0.25) is 0 Å². The molecule has 0 radical (unpaired) electrons. The van der Waals surface area contributed by atoms with Crippen molar-refractivity contribution in [1.29, 1.82) is 0 Å². The quantitative estimate of drug-likeness (QED) is 0.848. The molecule has 2 fully saturated rings. The molecule has 0 N–H and O–H groups in total. The van der Waals surface area contributed by atoms with E-state index in [1.807, 2.05) is 23.1 Å². The number of carbonyl (C=O) groups is 1. The molecule has 2 heterocycles. The number of carbonyl (C=O) groups excluding carboxylic acids is 1. The zero-order chi connectivity index (χ0) is 15.8. The molecule has 2 atom stereocenters. The van der Waals surface area contributed by atoms with Gasteiger partial charge in [0.1, 0.15) is 12.0 Å². The third-order valence-electron chi connectivity index (χ3n) is 4.89. The van der Waals surface area contributed by atoms with Gasteiger partial charge in [-0.15, -0.1) is 0 Å². The van der Waals surface area contributed by atoms with Crippen LogP contribution in [0.2, 0.25) is 0 Å². The van der Waals surface area contributed by atoms with Crippen LogP contribution in [0.3, 0.4) is 0 Å². The second-order valence-corrected chi connectivity index (χ2v) is 6.28. The predicted molar refractivity (Wildman–Crippen MR) is 86.3 cm³/mol. The van der Waals surface area contributed by atoms with E-state index in [1.54, 1.807) is 12.1 Å². The molecule has 3 nitrogen and oxygen atoms in total. The summed E-state index contributed by atoms with van der Waals surface area (Å²) < 4.78 is 13.1. The van der Waals surface area contributed by atoms with Crippen LogP contribution in [0.25, 0.3) is 0 Å². The monoisotopic (exact) mass is 310 g/mol. The minimum atomic E-state index is -0.316. The largest absolute Gasteiger partial charge is 0.317 e. The number of amides is 1. The normalized spacial score (nSPS) is 24.0. The average Bonchev–Trinajstić information content (AvgIpc) is 3.16. The number of nitrogens with zero attached hydrogens (tertiary/aromatic N) is 2. The van der Waals surface area contributed by atoms with Gasteiger partial charge in [-0.25, -0.2) is 4.39 Å². The van der Waals surface area contributed by atoms with Crippen LogP contribution in [-0.4, -0.2) is 34.8 Å². The summed E-state index contributed by atoms with van der Waals surface area (Å²) in [5, 5.41) is 0. The first-order valence-corrected chi connectivity index (χ1v) is 8.11. The van der Waals surface area contributed by atoms with Crippen molar-refractivity contribution in [2.75, 3.05) is 13.1 Å². The molecule has 2 aromatic carbocycles. The minimum absolute atomic E-state index is 0.0127. The SMILES string of the molecule is O=C(c1ccc(F)cc1)N1CC2CCCN2C1c1ccccc1. The molecule has 0 aromatic heterocycles. The van der Waals surface area contributed by atoms with E-state index in [0.29, 0.717) is 11.6 Å². The van der Waals surface area contributed by atoms with Crippen LogP contribution < -0.4 is 0 Å². The second kappa shape index (κ2) is 5.78. The number of hydrogen-bond acceptors (Lipinski definition) is 2. The third-order valence-corrected chi connectivity index (χ3v) is 4.89. The number of halogens is 1. The van der Waals surface area contributed by atoms with Gasteiger partial charge in [-0.3, -0.25) is 9.69 Å². The van der Waals surface area contributed by atoms with Gasteiger partial charge < -0.3 is 4.90 Å². The molecule has 118 valence electrons. The van der Waals surface area contributed by atoms with Crippen molar-refractivity contribution in [3.8, 4) is 0 Å². The van der Waals surface area contributed by atoms with Gasteiger partial charge in [-0.1, -0.05) is 30.3 Å². The van der Waals surface area contributed by atoms with Crippen molar-refractivity contribution in [2.45, 2.75) is 25.0 Å². The first-order chi connectivity index (χ1) is 11.2. The van der Waals surface area contributed by atoms with Crippen LogP contribution in [0, 0.1) is 5.82 Å². The third kappa shape index (κ3) is 2.53. The lowest BCUT2D eigenvalue weighted by atomic mass is 10.1. The molecule has 2 saturated heterocycles. The highest BCUT2D eigenvalue weighted by molar-refractivity contribution is 5.94. The van der Waals surface area contributed by atoms with Crippen LogP contribution >= 0.6 is 0 Å². The van der Waals surface area contributed by atoms with Crippen molar-refractivity contribution in [3.05, 3.63) is 71.5 Å². The highest BCUT2D eigenvalue weighted by atomic mass is 19.1. The fourth-order valence-corrected chi connectivity index (χ4v) is 3.83. The van der Waals surface area contributed by atoms with Crippen LogP contribution in [0.5, 0.6) is 0 Å². The maximum Gasteiger partial charge on any atom is 0.255 e. The van der Waals surface area contributed by atoms with E-state index in [1.165, 1.54) is 18.6 Å². The molecule has 4 rings (SSSR count). The summed E-state index contributed by atoms with van der Waals surface area (Å²) in [5.74, 6) is -0.337. The molecule has 2 aromatic rings. The van der Waals surface area contributed by atoms with E-state index in [0.717, 1.165) is 25.1 Å². The first kappa shape index (κ1) is 14.4. The summed E-state index contributed by atoms with van der Waals surface area (Å²) >= 11 is 0. The number of hydrogen-bond donors (Lipinski definition) is 0. The van der Waals surface area contributed by atoms with Gasteiger partial charge >= 0.3 is 0 Å². The summed E-state index contributed by atoms with van der Waals surface area (Å²) in [7, 11) is 0. The molecular weight excluding hydrogens is 291 g/mol.